The number of hydrogen-bond donors (Lipinski definition) is 0. The van der Waals surface area contributed by atoms with Gasteiger partial charge in [0.15, 0.2) is 11.6 Å². The molecule has 0 N–H and O–H groups in total. The van der Waals surface area contributed by atoms with Crippen LogP contribution in [0.5, 0.6) is 5.75 Å². The van der Waals surface area contributed by atoms with Crippen molar-refractivity contribution in [2.24, 2.45) is 5.41 Å². The van der Waals surface area contributed by atoms with Gasteiger partial charge in [0.25, 0.3) is 0 Å². The van der Waals surface area contributed by atoms with E-state index >= 15 is 0 Å². The summed E-state index contributed by atoms with van der Waals surface area (Å²) in [5.41, 5.74) is 0.932. The maximum absolute atomic E-state index is 13.4. The molecule has 0 aliphatic carbocycles. The number of benzene rings is 1. The van der Waals surface area contributed by atoms with Crippen LogP contribution in [0.3, 0.4) is 0 Å². The molecule has 1 aromatic carbocycles. The predicted molar refractivity (Wildman–Crippen MR) is 61.2 cm³/mol. The zero-order valence-corrected chi connectivity index (χ0v) is 10.1. The van der Waals surface area contributed by atoms with Gasteiger partial charge in [-0.1, -0.05) is 19.9 Å². The van der Waals surface area contributed by atoms with Crippen molar-refractivity contribution in [3.63, 3.8) is 0 Å². The number of methoxy groups -OCH3 is 1. The van der Waals surface area contributed by atoms with Gasteiger partial charge in [-0.2, -0.15) is 0 Å². The third-order valence-corrected chi connectivity index (χ3v) is 2.98. The molecule has 0 unspecified atom stereocenters. The molecule has 0 fully saturated rings. The highest BCUT2D eigenvalue weighted by Gasteiger charge is 2.17. The SMILES string of the molecule is COc1ccc(CC(C)(C)CCl)cc1F. The van der Waals surface area contributed by atoms with Gasteiger partial charge in [-0.3, -0.25) is 0 Å². The fraction of sp³-hybridized carbons (Fsp3) is 0.500. The second-order valence-electron chi connectivity index (χ2n) is 4.44. The second kappa shape index (κ2) is 4.84. The Hall–Kier alpha value is -0.760. The molecular formula is C12H16ClFO. The summed E-state index contributed by atoms with van der Waals surface area (Å²) < 4.78 is 18.2. The van der Waals surface area contributed by atoms with Gasteiger partial charge < -0.3 is 4.74 Å². The summed E-state index contributed by atoms with van der Waals surface area (Å²) >= 11 is 5.82. The van der Waals surface area contributed by atoms with Gasteiger partial charge in [-0.25, -0.2) is 4.39 Å². The second-order valence-corrected chi connectivity index (χ2v) is 4.71. The average molecular weight is 231 g/mol. The molecule has 0 aliphatic heterocycles. The molecule has 0 saturated carbocycles. The maximum atomic E-state index is 13.4. The summed E-state index contributed by atoms with van der Waals surface area (Å²) in [5, 5.41) is 0. The van der Waals surface area contributed by atoms with E-state index in [0.29, 0.717) is 5.88 Å². The minimum absolute atomic E-state index is 0.0113. The summed E-state index contributed by atoms with van der Waals surface area (Å²) in [5.74, 6) is 0.517. The molecule has 0 spiro atoms. The van der Waals surface area contributed by atoms with Gasteiger partial charge >= 0.3 is 0 Å². The van der Waals surface area contributed by atoms with E-state index in [-0.39, 0.29) is 17.0 Å². The lowest BCUT2D eigenvalue weighted by molar-refractivity contribution is 0.383. The minimum Gasteiger partial charge on any atom is -0.494 e. The highest BCUT2D eigenvalue weighted by atomic mass is 35.5. The van der Waals surface area contributed by atoms with Crippen LogP contribution >= 0.6 is 11.6 Å². The molecule has 0 bridgehead atoms. The lowest BCUT2D eigenvalue weighted by Crippen LogP contribution is -2.16. The Balaban J connectivity index is 2.84. The van der Waals surface area contributed by atoms with Crippen molar-refractivity contribution in [3.05, 3.63) is 29.6 Å². The van der Waals surface area contributed by atoms with Crippen molar-refractivity contribution in [2.45, 2.75) is 20.3 Å². The molecule has 1 rings (SSSR count). The highest BCUT2D eigenvalue weighted by molar-refractivity contribution is 6.18. The first-order valence-corrected chi connectivity index (χ1v) is 5.40. The van der Waals surface area contributed by atoms with Gasteiger partial charge in [-0.05, 0) is 29.5 Å². The third kappa shape index (κ3) is 3.38. The van der Waals surface area contributed by atoms with Crippen LogP contribution in [0.1, 0.15) is 19.4 Å². The van der Waals surface area contributed by atoms with Crippen LogP contribution in [-0.4, -0.2) is 13.0 Å². The van der Waals surface area contributed by atoms with Gasteiger partial charge in [0.05, 0.1) is 7.11 Å². The van der Waals surface area contributed by atoms with E-state index in [1.165, 1.54) is 13.2 Å². The Bertz CT molecular complexity index is 336. The third-order valence-electron chi connectivity index (χ3n) is 2.26. The zero-order chi connectivity index (χ0) is 11.5. The number of ether oxygens (including phenoxy) is 1. The van der Waals surface area contributed by atoms with Crippen molar-refractivity contribution >= 4 is 11.6 Å². The summed E-state index contributed by atoms with van der Waals surface area (Å²) in [4.78, 5) is 0. The smallest absolute Gasteiger partial charge is 0.165 e. The first kappa shape index (κ1) is 12.3. The Labute approximate surface area is 95.2 Å². The van der Waals surface area contributed by atoms with E-state index in [2.05, 4.69) is 13.8 Å². The molecule has 1 aromatic rings. The number of halogens is 2. The number of hydrogen-bond acceptors (Lipinski definition) is 1. The molecule has 84 valence electrons. The van der Waals surface area contributed by atoms with Gasteiger partial charge in [-0.15, -0.1) is 11.6 Å². The predicted octanol–water partition coefficient (Wildman–Crippen LogP) is 3.64. The Kier molecular flexibility index (Phi) is 3.97. The monoisotopic (exact) mass is 230 g/mol. The van der Waals surface area contributed by atoms with Crippen molar-refractivity contribution in [1.29, 1.82) is 0 Å². The Morgan fingerprint density at radius 2 is 2.07 bits per heavy atom. The lowest BCUT2D eigenvalue weighted by Gasteiger charge is -2.21. The molecule has 0 radical (unpaired) electrons. The molecule has 0 atom stereocenters. The summed E-state index contributed by atoms with van der Waals surface area (Å²) in [6, 6.07) is 5.03. The van der Waals surface area contributed by atoms with Gasteiger partial charge in [0.1, 0.15) is 0 Å². The normalized spacial score (nSPS) is 11.5. The quantitative estimate of drug-likeness (QED) is 0.718. The van der Waals surface area contributed by atoms with Crippen LogP contribution < -0.4 is 4.74 Å². The van der Waals surface area contributed by atoms with Crippen LogP contribution in [0, 0.1) is 11.2 Å². The summed E-state index contributed by atoms with van der Waals surface area (Å²) in [6.45, 7) is 4.12. The maximum Gasteiger partial charge on any atom is 0.165 e. The van der Waals surface area contributed by atoms with E-state index < -0.39 is 0 Å². The Morgan fingerprint density at radius 3 is 2.53 bits per heavy atom. The first-order chi connectivity index (χ1) is 6.98. The standard InChI is InChI=1S/C12H16ClFO/c1-12(2,8-13)7-9-4-5-11(15-3)10(14)6-9/h4-6H,7-8H2,1-3H3. The number of rotatable bonds is 4. The fourth-order valence-electron chi connectivity index (χ4n) is 1.42. The highest BCUT2D eigenvalue weighted by Crippen LogP contribution is 2.26. The summed E-state index contributed by atoms with van der Waals surface area (Å²) in [6.07, 6.45) is 0.761. The first-order valence-electron chi connectivity index (χ1n) is 4.87. The largest absolute Gasteiger partial charge is 0.494 e. The molecule has 0 saturated heterocycles. The fourth-order valence-corrected chi connectivity index (χ4v) is 1.51. The van der Waals surface area contributed by atoms with E-state index in [9.17, 15) is 4.39 Å². The lowest BCUT2D eigenvalue weighted by atomic mass is 9.88. The van der Waals surface area contributed by atoms with Crippen molar-refractivity contribution < 1.29 is 9.13 Å². The summed E-state index contributed by atoms with van der Waals surface area (Å²) in [7, 11) is 1.46. The van der Waals surface area contributed by atoms with Gasteiger partial charge in [0.2, 0.25) is 0 Å². The molecule has 0 amide bonds. The minimum atomic E-state index is -0.319. The molecular weight excluding hydrogens is 215 g/mol. The molecule has 1 nitrogen and oxygen atoms in total. The molecule has 0 heterocycles. The van der Waals surface area contributed by atoms with E-state index in [4.69, 9.17) is 16.3 Å². The topological polar surface area (TPSA) is 9.23 Å². The van der Waals surface area contributed by atoms with Crippen LogP contribution in [-0.2, 0) is 6.42 Å². The molecule has 15 heavy (non-hydrogen) atoms. The molecule has 0 aliphatic rings. The molecule has 3 heteroatoms. The van der Waals surface area contributed by atoms with Crippen LogP contribution in [0.2, 0.25) is 0 Å². The Morgan fingerprint density at radius 1 is 1.40 bits per heavy atom. The van der Waals surface area contributed by atoms with Crippen molar-refractivity contribution in [1.82, 2.24) is 0 Å². The average Bonchev–Trinajstić information content (AvgIpc) is 2.17. The van der Waals surface area contributed by atoms with E-state index in [1.54, 1.807) is 6.07 Å². The number of alkyl halides is 1. The zero-order valence-electron chi connectivity index (χ0n) is 9.31. The van der Waals surface area contributed by atoms with E-state index in [1.807, 2.05) is 6.07 Å². The van der Waals surface area contributed by atoms with Crippen LogP contribution in [0.25, 0.3) is 0 Å². The van der Waals surface area contributed by atoms with Crippen molar-refractivity contribution in [2.75, 3.05) is 13.0 Å². The van der Waals surface area contributed by atoms with Crippen LogP contribution in [0.15, 0.2) is 18.2 Å². The van der Waals surface area contributed by atoms with Crippen molar-refractivity contribution in [3.8, 4) is 5.75 Å². The van der Waals surface area contributed by atoms with E-state index in [0.717, 1.165) is 12.0 Å². The molecule has 0 aromatic heterocycles. The van der Waals surface area contributed by atoms with Gasteiger partial charge in [0, 0.05) is 5.88 Å². The van der Waals surface area contributed by atoms with Crippen LogP contribution in [0.4, 0.5) is 4.39 Å².